The van der Waals surface area contributed by atoms with E-state index in [2.05, 4.69) is 10.1 Å². The van der Waals surface area contributed by atoms with Gasteiger partial charge >= 0.3 is 5.97 Å². The van der Waals surface area contributed by atoms with Gasteiger partial charge in [-0.05, 0) is 18.2 Å². The molecule has 0 saturated heterocycles. The van der Waals surface area contributed by atoms with E-state index in [1.54, 1.807) is 24.3 Å². The molecule has 1 aromatic carbocycles. The Morgan fingerprint density at radius 1 is 1.41 bits per heavy atom. The fourth-order valence-corrected chi connectivity index (χ4v) is 1.21. The molecule has 0 spiro atoms. The van der Waals surface area contributed by atoms with Crippen molar-refractivity contribution in [2.24, 2.45) is 0 Å². The van der Waals surface area contributed by atoms with Crippen LogP contribution in [0, 0.1) is 11.3 Å². The normalized spacial score (nSPS) is 9.18. The minimum atomic E-state index is -0.425. The molecule has 0 aliphatic carbocycles. The SMILES string of the molecule is COC(=O)CCC(=O)Nc1cccc(C#N)c1. The average Bonchev–Trinajstić information content (AvgIpc) is 2.36. The molecule has 0 fully saturated rings. The predicted octanol–water partition coefficient (Wildman–Crippen LogP) is 1.45. The number of hydrogen-bond donors (Lipinski definition) is 1. The van der Waals surface area contributed by atoms with E-state index in [-0.39, 0.29) is 18.7 Å². The summed E-state index contributed by atoms with van der Waals surface area (Å²) in [4.78, 5) is 22.3. The van der Waals surface area contributed by atoms with Gasteiger partial charge in [-0.3, -0.25) is 9.59 Å². The molecule has 1 amide bonds. The van der Waals surface area contributed by atoms with Gasteiger partial charge in [0.1, 0.15) is 0 Å². The summed E-state index contributed by atoms with van der Waals surface area (Å²) in [6, 6.07) is 8.54. The molecule has 0 saturated carbocycles. The standard InChI is InChI=1S/C12H12N2O3/c1-17-12(16)6-5-11(15)14-10-4-2-3-9(7-10)8-13/h2-4,7H,5-6H2,1H3,(H,14,15). The second kappa shape index (κ2) is 6.28. The highest BCUT2D eigenvalue weighted by Gasteiger charge is 2.07. The molecule has 0 aliphatic heterocycles. The number of esters is 1. The Balaban J connectivity index is 2.51. The number of ether oxygens (including phenoxy) is 1. The Labute approximate surface area is 99.0 Å². The van der Waals surface area contributed by atoms with Crippen molar-refractivity contribution in [2.45, 2.75) is 12.8 Å². The van der Waals surface area contributed by atoms with Gasteiger partial charge in [-0.15, -0.1) is 0 Å². The molecule has 5 heteroatoms. The number of amides is 1. The molecular formula is C12H12N2O3. The second-order valence-corrected chi connectivity index (χ2v) is 3.32. The summed E-state index contributed by atoms with van der Waals surface area (Å²) in [5.41, 5.74) is 1.01. The molecule has 0 aliphatic rings. The molecule has 88 valence electrons. The summed E-state index contributed by atoms with van der Waals surface area (Å²) in [5.74, 6) is -0.712. The molecule has 0 aromatic heterocycles. The predicted molar refractivity (Wildman–Crippen MR) is 61.0 cm³/mol. The van der Waals surface area contributed by atoms with Crippen LogP contribution in [0.15, 0.2) is 24.3 Å². The van der Waals surface area contributed by atoms with Crippen molar-refractivity contribution in [1.82, 2.24) is 0 Å². The van der Waals surface area contributed by atoms with Crippen molar-refractivity contribution < 1.29 is 14.3 Å². The van der Waals surface area contributed by atoms with Crippen molar-refractivity contribution in [3.8, 4) is 6.07 Å². The molecule has 0 bridgehead atoms. The van der Waals surface area contributed by atoms with E-state index >= 15 is 0 Å². The first kappa shape index (κ1) is 12.7. The maximum Gasteiger partial charge on any atom is 0.306 e. The van der Waals surface area contributed by atoms with Gasteiger partial charge < -0.3 is 10.1 Å². The molecule has 1 rings (SSSR count). The van der Waals surface area contributed by atoms with Crippen molar-refractivity contribution in [1.29, 1.82) is 5.26 Å². The van der Waals surface area contributed by atoms with Crippen LogP contribution < -0.4 is 5.32 Å². The van der Waals surface area contributed by atoms with Crippen molar-refractivity contribution in [2.75, 3.05) is 12.4 Å². The third kappa shape index (κ3) is 4.34. The van der Waals surface area contributed by atoms with Crippen molar-refractivity contribution >= 4 is 17.6 Å². The number of nitriles is 1. The van der Waals surface area contributed by atoms with Crippen LogP contribution >= 0.6 is 0 Å². The lowest BCUT2D eigenvalue weighted by molar-refractivity contribution is -0.141. The molecule has 0 atom stereocenters. The third-order valence-electron chi connectivity index (χ3n) is 2.06. The fourth-order valence-electron chi connectivity index (χ4n) is 1.21. The highest BCUT2D eigenvalue weighted by atomic mass is 16.5. The Hall–Kier alpha value is -2.35. The Bertz CT molecular complexity index is 463. The molecular weight excluding hydrogens is 220 g/mol. The van der Waals surface area contributed by atoms with E-state index in [0.29, 0.717) is 11.3 Å². The molecule has 17 heavy (non-hydrogen) atoms. The van der Waals surface area contributed by atoms with E-state index in [0.717, 1.165) is 0 Å². The molecule has 5 nitrogen and oxygen atoms in total. The number of benzene rings is 1. The first-order valence-corrected chi connectivity index (χ1v) is 5.02. The minimum absolute atomic E-state index is 0.0419. The average molecular weight is 232 g/mol. The quantitative estimate of drug-likeness (QED) is 0.797. The van der Waals surface area contributed by atoms with Gasteiger partial charge in [0.25, 0.3) is 0 Å². The van der Waals surface area contributed by atoms with Gasteiger partial charge in [0.15, 0.2) is 0 Å². The summed E-state index contributed by atoms with van der Waals surface area (Å²) in [6.45, 7) is 0. The van der Waals surface area contributed by atoms with E-state index in [1.165, 1.54) is 7.11 Å². The maximum atomic E-state index is 11.4. The Morgan fingerprint density at radius 2 is 2.18 bits per heavy atom. The van der Waals surface area contributed by atoms with Crippen LogP contribution in [0.1, 0.15) is 18.4 Å². The van der Waals surface area contributed by atoms with E-state index in [4.69, 9.17) is 5.26 Å². The van der Waals surface area contributed by atoms with Crippen LogP contribution in [0.4, 0.5) is 5.69 Å². The van der Waals surface area contributed by atoms with Crippen molar-refractivity contribution in [3.63, 3.8) is 0 Å². The van der Waals surface area contributed by atoms with Crippen molar-refractivity contribution in [3.05, 3.63) is 29.8 Å². The van der Waals surface area contributed by atoms with Gasteiger partial charge in [0, 0.05) is 12.1 Å². The zero-order chi connectivity index (χ0) is 12.7. The zero-order valence-electron chi connectivity index (χ0n) is 9.40. The van der Waals surface area contributed by atoms with Gasteiger partial charge in [-0.25, -0.2) is 0 Å². The number of carbonyl (C=O) groups excluding carboxylic acids is 2. The van der Waals surface area contributed by atoms with Gasteiger partial charge in [0.05, 0.1) is 25.2 Å². The topological polar surface area (TPSA) is 79.2 Å². The lowest BCUT2D eigenvalue weighted by Crippen LogP contribution is -2.13. The number of hydrogen-bond acceptors (Lipinski definition) is 4. The Morgan fingerprint density at radius 3 is 2.82 bits per heavy atom. The van der Waals surface area contributed by atoms with Crippen LogP contribution in [-0.4, -0.2) is 19.0 Å². The first-order valence-electron chi connectivity index (χ1n) is 5.02. The van der Waals surface area contributed by atoms with Gasteiger partial charge in [0.2, 0.25) is 5.91 Å². The maximum absolute atomic E-state index is 11.4. The van der Waals surface area contributed by atoms with E-state index < -0.39 is 5.97 Å². The van der Waals surface area contributed by atoms with Gasteiger partial charge in [-0.2, -0.15) is 5.26 Å². The number of rotatable bonds is 4. The number of methoxy groups -OCH3 is 1. The molecule has 0 heterocycles. The van der Waals surface area contributed by atoms with Crippen LogP contribution in [0.25, 0.3) is 0 Å². The van der Waals surface area contributed by atoms with Crippen LogP contribution in [0.3, 0.4) is 0 Å². The molecule has 1 N–H and O–H groups in total. The summed E-state index contributed by atoms with van der Waals surface area (Å²) in [6.07, 6.45) is 0.101. The minimum Gasteiger partial charge on any atom is -0.469 e. The summed E-state index contributed by atoms with van der Waals surface area (Å²) in [5, 5.41) is 11.3. The molecule has 1 aromatic rings. The van der Waals surface area contributed by atoms with Crippen LogP contribution in [0.2, 0.25) is 0 Å². The largest absolute Gasteiger partial charge is 0.469 e. The molecule has 0 unspecified atom stereocenters. The highest BCUT2D eigenvalue weighted by Crippen LogP contribution is 2.10. The lowest BCUT2D eigenvalue weighted by atomic mass is 10.2. The fraction of sp³-hybridized carbons (Fsp3) is 0.250. The summed E-state index contributed by atoms with van der Waals surface area (Å²) >= 11 is 0. The summed E-state index contributed by atoms with van der Waals surface area (Å²) < 4.78 is 4.43. The number of anilines is 1. The van der Waals surface area contributed by atoms with Gasteiger partial charge in [-0.1, -0.05) is 6.07 Å². The summed E-state index contributed by atoms with van der Waals surface area (Å²) in [7, 11) is 1.27. The Kier molecular flexibility index (Phi) is 4.70. The number of carbonyl (C=O) groups is 2. The third-order valence-corrected chi connectivity index (χ3v) is 2.06. The first-order chi connectivity index (χ1) is 8.15. The zero-order valence-corrected chi connectivity index (χ0v) is 9.40. The van der Waals surface area contributed by atoms with E-state index in [9.17, 15) is 9.59 Å². The number of nitrogens with one attached hydrogen (secondary N) is 1. The lowest BCUT2D eigenvalue weighted by Gasteiger charge is -2.04. The second-order valence-electron chi connectivity index (χ2n) is 3.32. The van der Waals surface area contributed by atoms with Crippen LogP contribution in [-0.2, 0) is 14.3 Å². The highest BCUT2D eigenvalue weighted by molar-refractivity contribution is 5.92. The van der Waals surface area contributed by atoms with Crippen LogP contribution in [0.5, 0.6) is 0 Å². The van der Waals surface area contributed by atoms with E-state index in [1.807, 2.05) is 6.07 Å². The smallest absolute Gasteiger partial charge is 0.306 e. The number of nitrogens with zero attached hydrogens (tertiary/aromatic N) is 1. The monoisotopic (exact) mass is 232 g/mol. The molecule has 0 radical (unpaired) electrons.